The van der Waals surface area contributed by atoms with Gasteiger partial charge in [0.25, 0.3) is 0 Å². The van der Waals surface area contributed by atoms with E-state index in [4.69, 9.17) is 29.6 Å². The molecule has 0 fully saturated rings. The van der Waals surface area contributed by atoms with Crippen molar-refractivity contribution in [1.29, 1.82) is 0 Å². The van der Waals surface area contributed by atoms with Crippen LogP contribution in [0.2, 0.25) is 5.02 Å². The summed E-state index contributed by atoms with van der Waals surface area (Å²) in [6.07, 6.45) is 0. The maximum absolute atomic E-state index is 13.8. The maximum atomic E-state index is 13.8. The highest BCUT2D eigenvalue weighted by Crippen LogP contribution is 2.22. The molecule has 0 spiro atoms. The summed E-state index contributed by atoms with van der Waals surface area (Å²) in [5.74, 6) is -0.322. The van der Waals surface area contributed by atoms with E-state index in [1.54, 1.807) is 12.1 Å². The van der Waals surface area contributed by atoms with Crippen LogP contribution in [0.15, 0.2) is 42.5 Å². The van der Waals surface area contributed by atoms with Crippen LogP contribution in [0.1, 0.15) is 11.1 Å². The highest BCUT2D eigenvalue weighted by atomic mass is 35.5. The number of halogens is 2. The Morgan fingerprint density at radius 3 is 2.65 bits per heavy atom. The molecule has 2 N–H and O–H groups in total. The molecule has 0 aliphatic rings. The standard InChI is InChI=1S/C15H14ClFN2S/c1-19(9-10-6-7-11(16)8-13(10)17)14-5-3-2-4-12(14)15(18)20/h2-8H,9H2,1H3,(H2,18,20). The molecule has 2 aromatic rings. The van der Waals surface area contributed by atoms with E-state index in [0.29, 0.717) is 22.1 Å². The summed E-state index contributed by atoms with van der Waals surface area (Å²) in [5, 5.41) is 0.387. The minimum Gasteiger partial charge on any atom is -0.389 e. The highest BCUT2D eigenvalue weighted by Gasteiger charge is 2.11. The van der Waals surface area contributed by atoms with Crippen LogP contribution in [-0.2, 0) is 6.54 Å². The van der Waals surface area contributed by atoms with E-state index in [1.807, 2.05) is 36.2 Å². The molecule has 5 heteroatoms. The monoisotopic (exact) mass is 308 g/mol. The van der Waals surface area contributed by atoms with Crippen LogP contribution in [0.5, 0.6) is 0 Å². The molecule has 0 saturated heterocycles. The molecule has 0 amide bonds. The van der Waals surface area contributed by atoms with Crippen LogP contribution in [0, 0.1) is 5.82 Å². The fourth-order valence-corrected chi connectivity index (χ4v) is 2.34. The summed E-state index contributed by atoms with van der Waals surface area (Å²) in [7, 11) is 1.87. The van der Waals surface area contributed by atoms with Crippen LogP contribution < -0.4 is 10.6 Å². The van der Waals surface area contributed by atoms with Crippen molar-refractivity contribution < 1.29 is 4.39 Å². The second-order valence-corrected chi connectivity index (χ2v) is 5.35. The average Bonchev–Trinajstić information content (AvgIpc) is 2.41. The average molecular weight is 309 g/mol. The number of para-hydroxylation sites is 1. The number of nitrogens with two attached hydrogens (primary N) is 1. The van der Waals surface area contributed by atoms with Crippen molar-refractivity contribution in [3.63, 3.8) is 0 Å². The van der Waals surface area contributed by atoms with Crippen molar-refractivity contribution in [3.8, 4) is 0 Å². The van der Waals surface area contributed by atoms with Crippen LogP contribution >= 0.6 is 23.8 Å². The zero-order chi connectivity index (χ0) is 14.7. The molecule has 0 unspecified atom stereocenters. The molecule has 2 nitrogen and oxygen atoms in total. The molecule has 0 bridgehead atoms. The van der Waals surface area contributed by atoms with E-state index in [1.165, 1.54) is 6.07 Å². The summed E-state index contributed by atoms with van der Waals surface area (Å²) in [6, 6.07) is 12.2. The molecule has 0 aliphatic heterocycles. The Bertz CT molecular complexity index is 646. The molecule has 104 valence electrons. The Morgan fingerprint density at radius 1 is 1.30 bits per heavy atom. The van der Waals surface area contributed by atoms with Gasteiger partial charge in [0.15, 0.2) is 0 Å². The highest BCUT2D eigenvalue weighted by molar-refractivity contribution is 7.80. The van der Waals surface area contributed by atoms with Crippen molar-refractivity contribution in [2.75, 3.05) is 11.9 Å². The van der Waals surface area contributed by atoms with Crippen molar-refractivity contribution in [3.05, 3.63) is 64.4 Å². The number of rotatable bonds is 4. The second-order valence-electron chi connectivity index (χ2n) is 4.47. The van der Waals surface area contributed by atoms with Gasteiger partial charge >= 0.3 is 0 Å². The molecule has 0 radical (unpaired) electrons. The first kappa shape index (κ1) is 14.8. The lowest BCUT2D eigenvalue weighted by Crippen LogP contribution is -2.21. The minimum absolute atomic E-state index is 0.322. The molecule has 2 aromatic carbocycles. The lowest BCUT2D eigenvalue weighted by atomic mass is 10.1. The molecule has 2 rings (SSSR count). The van der Waals surface area contributed by atoms with Gasteiger partial charge < -0.3 is 10.6 Å². The largest absolute Gasteiger partial charge is 0.389 e. The quantitative estimate of drug-likeness (QED) is 0.872. The molecule has 0 aliphatic carbocycles. The summed E-state index contributed by atoms with van der Waals surface area (Å²) in [5.41, 5.74) is 7.92. The third-order valence-electron chi connectivity index (χ3n) is 3.00. The number of anilines is 1. The maximum Gasteiger partial charge on any atom is 0.129 e. The van der Waals surface area contributed by atoms with Gasteiger partial charge in [0.2, 0.25) is 0 Å². The van der Waals surface area contributed by atoms with Gasteiger partial charge in [-0.2, -0.15) is 0 Å². The van der Waals surface area contributed by atoms with Crippen molar-refractivity contribution in [1.82, 2.24) is 0 Å². The molecule has 0 aromatic heterocycles. The van der Waals surface area contributed by atoms with E-state index in [-0.39, 0.29) is 5.82 Å². The topological polar surface area (TPSA) is 29.3 Å². The van der Waals surface area contributed by atoms with Gasteiger partial charge in [0, 0.05) is 35.4 Å². The summed E-state index contributed by atoms with van der Waals surface area (Å²) in [6.45, 7) is 0.405. The van der Waals surface area contributed by atoms with Gasteiger partial charge in [-0.1, -0.05) is 42.0 Å². The lowest BCUT2D eigenvalue weighted by molar-refractivity contribution is 0.608. The predicted molar refractivity (Wildman–Crippen MR) is 85.8 cm³/mol. The Labute approximate surface area is 128 Å². The first-order valence-corrected chi connectivity index (χ1v) is 6.81. The molecule has 0 saturated carbocycles. The Hall–Kier alpha value is -1.65. The van der Waals surface area contributed by atoms with Gasteiger partial charge in [-0.05, 0) is 24.3 Å². The number of hydrogen-bond acceptors (Lipinski definition) is 2. The van der Waals surface area contributed by atoms with E-state index in [9.17, 15) is 4.39 Å². The zero-order valence-corrected chi connectivity index (χ0v) is 12.5. The fourth-order valence-electron chi connectivity index (χ4n) is 2.01. The molecule has 20 heavy (non-hydrogen) atoms. The first-order valence-electron chi connectivity index (χ1n) is 6.03. The normalized spacial score (nSPS) is 10.3. The predicted octanol–water partition coefficient (Wildman–Crippen LogP) is 3.75. The van der Waals surface area contributed by atoms with E-state index >= 15 is 0 Å². The number of benzene rings is 2. The SMILES string of the molecule is CN(Cc1ccc(Cl)cc1F)c1ccccc1C(N)=S. The van der Waals surface area contributed by atoms with Crippen LogP contribution in [0.25, 0.3) is 0 Å². The smallest absolute Gasteiger partial charge is 0.129 e. The fraction of sp³-hybridized carbons (Fsp3) is 0.133. The summed E-state index contributed by atoms with van der Waals surface area (Å²) < 4.78 is 13.8. The lowest BCUT2D eigenvalue weighted by Gasteiger charge is -2.22. The van der Waals surface area contributed by atoms with Crippen LogP contribution in [-0.4, -0.2) is 12.0 Å². The van der Waals surface area contributed by atoms with Crippen molar-refractivity contribution in [2.45, 2.75) is 6.54 Å². The molecular weight excluding hydrogens is 295 g/mol. The van der Waals surface area contributed by atoms with Gasteiger partial charge in [-0.25, -0.2) is 4.39 Å². The summed E-state index contributed by atoms with van der Waals surface area (Å²) in [4.78, 5) is 2.23. The van der Waals surface area contributed by atoms with Crippen molar-refractivity contribution in [2.24, 2.45) is 5.73 Å². The molecule has 0 heterocycles. The van der Waals surface area contributed by atoms with Gasteiger partial charge in [-0.15, -0.1) is 0 Å². The summed E-state index contributed by atoms with van der Waals surface area (Å²) >= 11 is 10.8. The zero-order valence-electron chi connectivity index (χ0n) is 10.9. The third kappa shape index (κ3) is 3.26. The van der Waals surface area contributed by atoms with E-state index < -0.39 is 0 Å². The van der Waals surface area contributed by atoms with Gasteiger partial charge in [0.05, 0.1) is 0 Å². The molecule has 0 atom stereocenters. The number of hydrogen-bond donors (Lipinski definition) is 1. The van der Waals surface area contributed by atoms with Crippen LogP contribution in [0.4, 0.5) is 10.1 Å². The number of nitrogens with zero attached hydrogens (tertiary/aromatic N) is 1. The Morgan fingerprint density at radius 2 is 2.00 bits per heavy atom. The molecular formula is C15H14ClFN2S. The first-order chi connectivity index (χ1) is 9.49. The van der Waals surface area contributed by atoms with E-state index in [2.05, 4.69) is 0 Å². The second kappa shape index (κ2) is 6.20. The van der Waals surface area contributed by atoms with Crippen LogP contribution in [0.3, 0.4) is 0 Å². The minimum atomic E-state index is -0.322. The van der Waals surface area contributed by atoms with Crippen molar-refractivity contribution >= 4 is 34.5 Å². The van der Waals surface area contributed by atoms with Gasteiger partial charge in [0.1, 0.15) is 10.8 Å². The number of thiocarbonyl (C=S) groups is 1. The van der Waals surface area contributed by atoms with E-state index in [0.717, 1.165) is 11.3 Å². The Balaban J connectivity index is 2.28. The Kier molecular flexibility index (Phi) is 4.57. The third-order valence-corrected chi connectivity index (χ3v) is 3.46. The van der Waals surface area contributed by atoms with Gasteiger partial charge in [-0.3, -0.25) is 0 Å².